The van der Waals surface area contributed by atoms with Gasteiger partial charge < -0.3 is 15.2 Å². The van der Waals surface area contributed by atoms with Crippen molar-refractivity contribution in [1.29, 1.82) is 0 Å². The Morgan fingerprint density at radius 1 is 1.50 bits per heavy atom. The minimum absolute atomic E-state index is 0.000741. The first-order valence-electron chi connectivity index (χ1n) is 4.45. The van der Waals surface area contributed by atoms with E-state index in [1.54, 1.807) is 0 Å². The SMILES string of the molecule is Cc1c(C(C)N)cc2c(c1Br)OCO2. The van der Waals surface area contributed by atoms with Gasteiger partial charge in [-0.3, -0.25) is 0 Å². The van der Waals surface area contributed by atoms with Crippen LogP contribution in [0, 0.1) is 6.92 Å². The molecule has 0 amide bonds. The average molecular weight is 258 g/mol. The van der Waals surface area contributed by atoms with Crippen LogP contribution in [0.1, 0.15) is 24.1 Å². The van der Waals surface area contributed by atoms with E-state index in [1.165, 1.54) is 0 Å². The third-order valence-electron chi connectivity index (χ3n) is 2.38. The van der Waals surface area contributed by atoms with Crippen LogP contribution in [0.25, 0.3) is 0 Å². The highest BCUT2D eigenvalue weighted by atomic mass is 79.9. The van der Waals surface area contributed by atoms with E-state index in [0.717, 1.165) is 27.1 Å². The van der Waals surface area contributed by atoms with Gasteiger partial charge in [0.05, 0.1) is 4.47 Å². The van der Waals surface area contributed by atoms with Gasteiger partial charge >= 0.3 is 0 Å². The van der Waals surface area contributed by atoms with Gasteiger partial charge in [0.2, 0.25) is 6.79 Å². The molecule has 1 aliphatic rings. The van der Waals surface area contributed by atoms with Crippen LogP contribution in [0.2, 0.25) is 0 Å². The summed E-state index contributed by atoms with van der Waals surface area (Å²) in [6.45, 7) is 4.26. The normalized spacial score (nSPS) is 15.7. The molecule has 0 aliphatic carbocycles. The standard InChI is InChI=1S/C10H12BrNO2/c1-5-7(6(2)12)3-8-10(9(5)11)14-4-13-8/h3,6H,4,12H2,1-2H3. The second kappa shape index (κ2) is 3.44. The molecule has 2 rings (SSSR count). The number of fused-ring (bicyclic) bond motifs is 1. The predicted octanol–water partition coefficient (Wildman–Crippen LogP) is 2.51. The Balaban J connectivity index is 2.61. The lowest BCUT2D eigenvalue weighted by atomic mass is 10.0. The zero-order valence-electron chi connectivity index (χ0n) is 8.13. The Morgan fingerprint density at radius 2 is 2.21 bits per heavy atom. The smallest absolute Gasteiger partial charge is 0.231 e. The van der Waals surface area contributed by atoms with Gasteiger partial charge in [0, 0.05) is 6.04 Å². The molecule has 4 heteroatoms. The van der Waals surface area contributed by atoms with Crippen LogP contribution in [0.3, 0.4) is 0 Å². The minimum Gasteiger partial charge on any atom is -0.454 e. The summed E-state index contributed by atoms with van der Waals surface area (Å²) in [5, 5.41) is 0. The molecule has 14 heavy (non-hydrogen) atoms. The number of hydrogen-bond donors (Lipinski definition) is 1. The Bertz CT molecular complexity index is 377. The summed E-state index contributed by atoms with van der Waals surface area (Å²) < 4.78 is 11.6. The maximum Gasteiger partial charge on any atom is 0.231 e. The maximum absolute atomic E-state index is 5.86. The molecule has 1 heterocycles. The first kappa shape index (κ1) is 9.80. The van der Waals surface area contributed by atoms with Crippen molar-refractivity contribution in [2.75, 3.05) is 6.79 Å². The molecule has 0 saturated carbocycles. The van der Waals surface area contributed by atoms with Gasteiger partial charge in [0.15, 0.2) is 11.5 Å². The molecule has 1 aliphatic heterocycles. The third-order valence-corrected chi connectivity index (χ3v) is 3.34. The van der Waals surface area contributed by atoms with Crippen molar-refractivity contribution in [1.82, 2.24) is 0 Å². The second-order valence-corrected chi connectivity index (χ2v) is 4.22. The molecule has 0 aromatic heterocycles. The summed E-state index contributed by atoms with van der Waals surface area (Å²) in [4.78, 5) is 0. The Hall–Kier alpha value is -0.740. The molecular formula is C10H12BrNO2. The third kappa shape index (κ3) is 1.38. The largest absolute Gasteiger partial charge is 0.454 e. The first-order chi connectivity index (χ1) is 6.61. The lowest BCUT2D eigenvalue weighted by Gasteiger charge is -2.12. The Morgan fingerprint density at radius 3 is 2.86 bits per heavy atom. The van der Waals surface area contributed by atoms with Crippen LogP contribution in [0.15, 0.2) is 10.5 Å². The molecule has 1 aromatic rings. The minimum atomic E-state index is 0.000741. The van der Waals surface area contributed by atoms with E-state index >= 15 is 0 Å². The van der Waals surface area contributed by atoms with Crippen molar-refractivity contribution in [3.05, 3.63) is 21.7 Å². The van der Waals surface area contributed by atoms with E-state index < -0.39 is 0 Å². The number of benzene rings is 1. The summed E-state index contributed by atoms with van der Waals surface area (Å²) in [7, 11) is 0. The van der Waals surface area contributed by atoms with Gasteiger partial charge in [-0.1, -0.05) is 0 Å². The van der Waals surface area contributed by atoms with Crippen LogP contribution in [-0.4, -0.2) is 6.79 Å². The molecule has 0 bridgehead atoms. The highest BCUT2D eigenvalue weighted by Crippen LogP contribution is 2.43. The van der Waals surface area contributed by atoms with E-state index in [2.05, 4.69) is 15.9 Å². The van der Waals surface area contributed by atoms with Crippen LogP contribution in [0.5, 0.6) is 11.5 Å². The molecule has 3 nitrogen and oxygen atoms in total. The van der Waals surface area contributed by atoms with E-state index in [0.29, 0.717) is 0 Å². The summed E-state index contributed by atoms with van der Waals surface area (Å²) in [6, 6.07) is 1.95. The molecule has 1 aromatic carbocycles. The lowest BCUT2D eigenvalue weighted by Crippen LogP contribution is -2.07. The number of hydrogen-bond acceptors (Lipinski definition) is 3. The van der Waals surface area contributed by atoms with Crippen LogP contribution in [-0.2, 0) is 0 Å². The Kier molecular flexibility index (Phi) is 2.41. The molecule has 0 spiro atoms. The predicted molar refractivity (Wildman–Crippen MR) is 57.6 cm³/mol. The first-order valence-corrected chi connectivity index (χ1v) is 5.24. The molecule has 76 valence electrons. The van der Waals surface area contributed by atoms with E-state index in [4.69, 9.17) is 15.2 Å². The van der Waals surface area contributed by atoms with Crippen molar-refractivity contribution < 1.29 is 9.47 Å². The van der Waals surface area contributed by atoms with Crippen LogP contribution in [0.4, 0.5) is 0 Å². The van der Waals surface area contributed by atoms with Crippen LogP contribution >= 0.6 is 15.9 Å². The monoisotopic (exact) mass is 257 g/mol. The van der Waals surface area contributed by atoms with Gasteiger partial charge in [0.25, 0.3) is 0 Å². The van der Waals surface area contributed by atoms with Gasteiger partial charge in [-0.05, 0) is 47.0 Å². The van der Waals surface area contributed by atoms with E-state index in [-0.39, 0.29) is 12.8 Å². The van der Waals surface area contributed by atoms with Gasteiger partial charge in [-0.2, -0.15) is 0 Å². The summed E-state index contributed by atoms with van der Waals surface area (Å²) in [5.74, 6) is 1.56. The van der Waals surface area contributed by atoms with E-state index in [1.807, 2.05) is 19.9 Å². The highest BCUT2D eigenvalue weighted by Gasteiger charge is 2.21. The van der Waals surface area contributed by atoms with Crippen molar-refractivity contribution >= 4 is 15.9 Å². The number of nitrogens with two attached hydrogens (primary N) is 1. The zero-order chi connectivity index (χ0) is 10.3. The highest BCUT2D eigenvalue weighted by molar-refractivity contribution is 9.10. The summed E-state index contributed by atoms with van der Waals surface area (Å²) in [6.07, 6.45) is 0. The van der Waals surface area contributed by atoms with Crippen molar-refractivity contribution in [2.45, 2.75) is 19.9 Å². The average Bonchev–Trinajstić information content (AvgIpc) is 2.58. The quantitative estimate of drug-likeness (QED) is 0.841. The molecule has 1 atom stereocenters. The topological polar surface area (TPSA) is 44.5 Å². The van der Waals surface area contributed by atoms with Crippen molar-refractivity contribution in [2.24, 2.45) is 5.73 Å². The molecular weight excluding hydrogens is 246 g/mol. The van der Waals surface area contributed by atoms with Crippen LogP contribution < -0.4 is 15.2 Å². The fourth-order valence-corrected chi connectivity index (χ4v) is 2.13. The summed E-state index contributed by atoms with van der Waals surface area (Å²) in [5.41, 5.74) is 8.06. The zero-order valence-corrected chi connectivity index (χ0v) is 9.72. The second-order valence-electron chi connectivity index (χ2n) is 3.43. The van der Waals surface area contributed by atoms with Gasteiger partial charge in [-0.15, -0.1) is 0 Å². The molecule has 0 radical (unpaired) electrons. The molecule has 0 fully saturated rings. The number of ether oxygens (including phenoxy) is 2. The fraction of sp³-hybridized carbons (Fsp3) is 0.400. The summed E-state index contributed by atoms with van der Waals surface area (Å²) >= 11 is 3.49. The van der Waals surface area contributed by atoms with Crippen molar-refractivity contribution in [3.63, 3.8) is 0 Å². The number of halogens is 1. The fourth-order valence-electron chi connectivity index (χ4n) is 1.59. The maximum atomic E-state index is 5.86. The number of rotatable bonds is 1. The van der Waals surface area contributed by atoms with E-state index in [9.17, 15) is 0 Å². The van der Waals surface area contributed by atoms with Gasteiger partial charge in [0.1, 0.15) is 0 Å². The van der Waals surface area contributed by atoms with Crippen molar-refractivity contribution in [3.8, 4) is 11.5 Å². The van der Waals surface area contributed by atoms with Gasteiger partial charge in [-0.25, -0.2) is 0 Å². The molecule has 2 N–H and O–H groups in total. The molecule has 1 unspecified atom stereocenters. The molecule has 0 saturated heterocycles. The Labute approximate surface area is 91.3 Å². The lowest BCUT2D eigenvalue weighted by molar-refractivity contribution is 0.173.